The van der Waals surface area contributed by atoms with Crippen molar-refractivity contribution in [1.82, 2.24) is 0 Å². The molecule has 98 valence electrons. The fourth-order valence-corrected chi connectivity index (χ4v) is 1.38. The van der Waals surface area contributed by atoms with Crippen LogP contribution in [-0.4, -0.2) is 40.3 Å². The molecule has 0 aliphatic carbocycles. The van der Waals surface area contributed by atoms with E-state index in [1.165, 1.54) is 26.2 Å². The number of esters is 1. The van der Waals surface area contributed by atoms with Crippen LogP contribution in [0.25, 0.3) is 0 Å². The van der Waals surface area contributed by atoms with E-state index in [2.05, 4.69) is 4.74 Å². The van der Waals surface area contributed by atoms with Crippen LogP contribution in [0.1, 0.15) is 0 Å². The van der Waals surface area contributed by atoms with E-state index in [4.69, 9.17) is 9.47 Å². The van der Waals surface area contributed by atoms with Gasteiger partial charge in [0.2, 0.25) is 0 Å². The second-order valence-corrected chi connectivity index (χ2v) is 3.40. The molecule has 0 saturated carbocycles. The molecule has 1 amide bonds. The summed E-state index contributed by atoms with van der Waals surface area (Å²) < 4.78 is 14.6. The van der Waals surface area contributed by atoms with Crippen LogP contribution in [0.15, 0.2) is 18.2 Å². The van der Waals surface area contributed by atoms with E-state index in [0.29, 0.717) is 17.2 Å². The maximum Gasteiger partial charge on any atom is 0.397 e. The standard InChI is InChI=1S/C12H15NO5/c1-13(11(14)12(15)18-4)8-5-6-9(16-2)10(7-8)17-3/h5-7H,1-4H3. The summed E-state index contributed by atoms with van der Waals surface area (Å²) in [5, 5.41) is 0. The Morgan fingerprint density at radius 2 is 1.67 bits per heavy atom. The van der Waals surface area contributed by atoms with Crippen molar-refractivity contribution >= 4 is 17.6 Å². The van der Waals surface area contributed by atoms with Crippen molar-refractivity contribution in [2.24, 2.45) is 0 Å². The highest BCUT2D eigenvalue weighted by Gasteiger charge is 2.21. The minimum atomic E-state index is -0.924. The number of carbonyl (C=O) groups excluding carboxylic acids is 2. The molecule has 1 aromatic carbocycles. The number of hydrogen-bond donors (Lipinski definition) is 0. The predicted molar refractivity (Wildman–Crippen MR) is 65.0 cm³/mol. The zero-order valence-electron chi connectivity index (χ0n) is 10.7. The molecule has 0 bridgehead atoms. The lowest BCUT2D eigenvalue weighted by atomic mass is 10.2. The van der Waals surface area contributed by atoms with Gasteiger partial charge in [0.25, 0.3) is 0 Å². The molecule has 1 aromatic rings. The molecule has 0 spiro atoms. The molecule has 6 nitrogen and oxygen atoms in total. The Kier molecular flexibility index (Phi) is 4.53. The van der Waals surface area contributed by atoms with Crippen molar-refractivity contribution in [3.8, 4) is 11.5 Å². The molecule has 0 atom stereocenters. The van der Waals surface area contributed by atoms with Gasteiger partial charge in [-0.1, -0.05) is 0 Å². The third-order valence-corrected chi connectivity index (χ3v) is 2.42. The summed E-state index contributed by atoms with van der Waals surface area (Å²) in [4.78, 5) is 23.9. The molecule has 0 aliphatic rings. The van der Waals surface area contributed by atoms with Crippen molar-refractivity contribution in [1.29, 1.82) is 0 Å². The van der Waals surface area contributed by atoms with Crippen molar-refractivity contribution in [3.63, 3.8) is 0 Å². The van der Waals surface area contributed by atoms with E-state index in [9.17, 15) is 9.59 Å². The summed E-state index contributed by atoms with van der Waals surface area (Å²) in [6, 6.07) is 4.89. The van der Waals surface area contributed by atoms with Crippen LogP contribution in [0, 0.1) is 0 Å². The summed E-state index contributed by atoms with van der Waals surface area (Å²) in [6.07, 6.45) is 0. The minimum absolute atomic E-state index is 0.472. The van der Waals surface area contributed by atoms with Crippen molar-refractivity contribution < 1.29 is 23.8 Å². The number of hydrogen-bond acceptors (Lipinski definition) is 5. The molecule has 0 radical (unpaired) electrons. The molecule has 6 heteroatoms. The molecule has 0 fully saturated rings. The molecule has 0 unspecified atom stereocenters. The van der Waals surface area contributed by atoms with E-state index in [0.717, 1.165) is 7.11 Å². The summed E-state index contributed by atoms with van der Waals surface area (Å²) in [5.41, 5.74) is 0.503. The molecule has 0 heterocycles. The van der Waals surface area contributed by atoms with Crippen LogP contribution in [0.3, 0.4) is 0 Å². The minimum Gasteiger partial charge on any atom is -0.493 e. The van der Waals surface area contributed by atoms with Gasteiger partial charge in [-0.05, 0) is 12.1 Å². The van der Waals surface area contributed by atoms with Crippen LogP contribution in [0.5, 0.6) is 11.5 Å². The highest BCUT2D eigenvalue weighted by molar-refractivity contribution is 6.37. The van der Waals surface area contributed by atoms with Crippen molar-refractivity contribution in [2.75, 3.05) is 33.3 Å². The maximum absolute atomic E-state index is 11.6. The lowest BCUT2D eigenvalue weighted by Gasteiger charge is -2.17. The third-order valence-electron chi connectivity index (χ3n) is 2.42. The lowest BCUT2D eigenvalue weighted by Crippen LogP contribution is -2.33. The number of ether oxygens (including phenoxy) is 3. The maximum atomic E-state index is 11.6. The monoisotopic (exact) mass is 253 g/mol. The highest BCUT2D eigenvalue weighted by Crippen LogP contribution is 2.31. The lowest BCUT2D eigenvalue weighted by molar-refractivity contribution is -0.151. The van der Waals surface area contributed by atoms with Gasteiger partial charge >= 0.3 is 11.9 Å². The van der Waals surface area contributed by atoms with Crippen LogP contribution in [-0.2, 0) is 14.3 Å². The number of likely N-dealkylation sites (N-methyl/N-ethyl adjacent to an activating group) is 1. The Morgan fingerprint density at radius 3 is 2.17 bits per heavy atom. The van der Waals surface area contributed by atoms with Crippen molar-refractivity contribution in [2.45, 2.75) is 0 Å². The topological polar surface area (TPSA) is 65.1 Å². The first kappa shape index (κ1) is 13.8. The summed E-state index contributed by atoms with van der Waals surface area (Å²) in [5.74, 6) is -0.670. The van der Waals surface area contributed by atoms with Crippen LogP contribution >= 0.6 is 0 Å². The number of carbonyl (C=O) groups is 2. The fourth-order valence-electron chi connectivity index (χ4n) is 1.38. The van der Waals surface area contributed by atoms with Crippen molar-refractivity contribution in [3.05, 3.63) is 18.2 Å². The van der Waals surface area contributed by atoms with E-state index in [1.54, 1.807) is 18.2 Å². The first-order valence-corrected chi connectivity index (χ1v) is 5.13. The number of methoxy groups -OCH3 is 3. The zero-order chi connectivity index (χ0) is 13.7. The summed E-state index contributed by atoms with van der Waals surface area (Å²) >= 11 is 0. The number of anilines is 1. The summed E-state index contributed by atoms with van der Waals surface area (Å²) in [7, 11) is 5.63. The largest absolute Gasteiger partial charge is 0.493 e. The SMILES string of the molecule is COC(=O)C(=O)N(C)c1ccc(OC)c(OC)c1. The zero-order valence-corrected chi connectivity index (χ0v) is 10.7. The average Bonchev–Trinajstić information content (AvgIpc) is 2.43. The van der Waals surface area contributed by atoms with E-state index in [-0.39, 0.29) is 0 Å². The van der Waals surface area contributed by atoms with Gasteiger partial charge in [-0.3, -0.25) is 4.79 Å². The highest BCUT2D eigenvalue weighted by atomic mass is 16.5. The van der Waals surface area contributed by atoms with Gasteiger partial charge in [-0.2, -0.15) is 0 Å². The Hall–Kier alpha value is -2.24. The number of rotatable bonds is 3. The molecular formula is C12H15NO5. The van der Waals surface area contributed by atoms with Gasteiger partial charge in [0, 0.05) is 18.8 Å². The summed E-state index contributed by atoms with van der Waals surface area (Å²) in [6.45, 7) is 0. The van der Waals surface area contributed by atoms with Crippen LogP contribution < -0.4 is 14.4 Å². The predicted octanol–water partition coefficient (Wildman–Crippen LogP) is 0.840. The van der Waals surface area contributed by atoms with Crippen LogP contribution in [0.4, 0.5) is 5.69 Å². The normalized spacial score (nSPS) is 9.56. The van der Waals surface area contributed by atoms with Gasteiger partial charge in [0.05, 0.1) is 21.3 Å². The quantitative estimate of drug-likeness (QED) is 0.590. The van der Waals surface area contributed by atoms with Gasteiger partial charge in [0.1, 0.15) is 0 Å². The molecule has 1 rings (SSSR count). The molecule has 18 heavy (non-hydrogen) atoms. The first-order chi connectivity index (χ1) is 8.54. The van der Waals surface area contributed by atoms with E-state index >= 15 is 0 Å². The molecular weight excluding hydrogens is 238 g/mol. The number of amides is 1. The van der Waals surface area contributed by atoms with Gasteiger partial charge in [-0.25, -0.2) is 4.79 Å². The Balaban J connectivity index is 3.03. The molecule has 0 N–H and O–H groups in total. The molecule has 0 aliphatic heterocycles. The average molecular weight is 253 g/mol. The van der Waals surface area contributed by atoms with Gasteiger partial charge in [0.15, 0.2) is 11.5 Å². The Bertz CT molecular complexity index is 458. The Labute approximate surface area is 105 Å². The van der Waals surface area contributed by atoms with Gasteiger partial charge < -0.3 is 19.1 Å². The molecule has 0 saturated heterocycles. The van der Waals surface area contributed by atoms with E-state index in [1.807, 2.05) is 0 Å². The second kappa shape index (κ2) is 5.90. The fraction of sp³-hybridized carbons (Fsp3) is 0.333. The third kappa shape index (κ3) is 2.71. The number of nitrogens with zero attached hydrogens (tertiary/aromatic N) is 1. The first-order valence-electron chi connectivity index (χ1n) is 5.13. The van der Waals surface area contributed by atoms with Gasteiger partial charge in [-0.15, -0.1) is 0 Å². The number of benzene rings is 1. The Morgan fingerprint density at radius 1 is 1.06 bits per heavy atom. The molecule has 0 aromatic heterocycles. The van der Waals surface area contributed by atoms with E-state index < -0.39 is 11.9 Å². The van der Waals surface area contributed by atoms with Crippen LogP contribution in [0.2, 0.25) is 0 Å². The smallest absolute Gasteiger partial charge is 0.397 e. The second-order valence-electron chi connectivity index (χ2n) is 3.40.